The highest BCUT2D eigenvalue weighted by Crippen LogP contribution is 2.55. The number of nitrogens with one attached hydrogen (secondary N) is 1. The fourth-order valence-corrected chi connectivity index (χ4v) is 5.52. The van der Waals surface area contributed by atoms with Gasteiger partial charge < -0.3 is 10.1 Å². The zero-order valence-corrected chi connectivity index (χ0v) is 14.1. The quantitative estimate of drug-likeness (QED) is 0.923. The van der Waals surface area contributed by atoms with Gasteiger partial charge in [-0.05, 0) is 81.4 Å². The lowest BCUT2D eigenvalue weighted by molar-refractivity contribution is -0.133. The molecule has 4 nitrogen and oxygen atoms in total. The molecule has 4 aliphatic rings. The summed E-state index contributed by atoms with van der Waals surface area (Å²) in [4.78, 5) is 12.7. The molecule has 0 saturated heterocycles. The second-order valence-corrected chi connectivity index (χ2v) is 8.09. The van der Waals surface area contributed by atoms with Gasteiger partial charge in [-0.25, -0.2) is 0 Å². The molecule has 4 aliphatic carbocycles. The summed E-state index contributed by atoms with van der Waals surface area (Å²) >= 11 is 0. The van der Waals surface area contributed by atoms with Gasteiger partial charge in [0.15, 0.2) is 6.10 Å². The largest absolute Gasteiger partial charge is 0.481 e. The molecule has 4 heteroatoms. The van der Waals surface area contributed by atoms with Crippen LogP contribution in [0.4, 0.5) is 0 Å². The SMILES string of the molecule is C[C@H](Oc1cccc(C#N)c1)C(=O)NC12CC3CC(CC(C3)C1)C2. The Labute approximate surface area is 143 Å². The van der Waals surface area contributed by atoms with E-state index in [1.807, 2.05) is 0 Å². The van der Waals surface area contributed by atoms with E-state index < -0.39 is 6.10 Å². The van der Waals surface area contributed by atoms with Crippen LogP contribution in [-0.4, -0.2) is 17.6 Å². The number of benzene rings is 1. The van der Waals surface area contributed by atoms with E-state index in [9.17, 15) is 4.79 Å². The van der Waals surface area contributed by atoms with Crippen LogP contribution in [0.2, 0.25) is 0 Å². The van der Waals surface area contributed by atoms with Crippen molar-refractivity contribution in [3.8, 4) is 11.8 Å². The second-order valence-electron chi connectivity index (χ2n) is 8.09. The van der Waals surface area contributed by atoms with E-state index in [0.717, 1.165) is 37.0 Å². The number of hydrogen-bond donors (Lipinski definition) is 1. The Hall–Kier alpha value is -2.02. The molecule has 0 heterocycles. The van der Waals surface area contributed by atoms with Crippen LogP contribution < -0.4 is 10.1 Å². The molecule has 4 bridgehead atoms. The number of carbonyl (C=O) groups is 1. The molecule has 4 fully saturated rings. The summed E-state index contributed by atoms with van der Waals surface area (Å²) in [7, 11) is 0. The van der Waals surface area contributed by atoms with Crippen molar-refractivity contribution in [3.63, 3.8) is 0 Å². The van der Waals surface area contributed by atoms with Gasteiger partial charge in [0.2, 0.25) is 0 Å². The highest BCUT2D eigenvalue weighted by molar-refractivity contribution is 5.81. The minimum absolute atomic E-state index is 0.0119. The summed E-state index contributed by atoms with van der Waals surface area (Å²) in [6.07, 6.45) is 6.96. The van der Waals surface area contributed by atoms with Gasteiger partial charge in [0, 0.05) is 5.54 Å². The lowest BCUT2D eigenvalue weighted by Gasteiger charge is -2.57. The average molecular weight is 324 g/mol. The summed E-state index contributed by atoms with van der Waals surface area (Å²) in [5.41, 5.74) is 0.555. The van der Waals surface area contributed by atoms with E-state index in [1.54, 1.807) is 31.2 Å². The molecule has 24 heavy (non-hydrogen) atoms. The first-order valence-electron chi connectivity index (χ1n) is 9.04. The number of hydrogen-bond acceptors (Lipinski definition) is 3. The minimum atomic E-state index is -0.549. The van der Waals surface area contributed by atoms with Crippen molar-refractivity contribution in [2.75, 3.05) is 0 Å². The molecule has 0 spiro atoms. The fraction of sp³-hybridized carbons (Fsp3) is 0.600. The fourth-order valence-electron chi connectivity index (χ4n) is 5.52. The minimum Gasteiger partial charge on any atom is -0.481 e. The van der Waals surface area contributed by atoms with Crippen molar-refractivity contribution in [2.45, 2.75) is 57.1 Å². The molecule has 5 rings (SSSR count). The van der Waals surface area contributed by atoms with Crippen molar-refractivity contribution >= 4 is 5.91 Å². The molecule has 0 aromatic heterocycles. The first-order valence-corrected chi connectivity index (χ1v) is 9.04. The highest BCUT2D eigenvalue weighted by Gasteiger charge is 2.51. The molecule has 1 N–H and O–H groups in total. The van der Waals surface area contributed by atoms with Crippen LogP contribution >= 0.6 is 0 Å². The Kier molecular flexibility index (Phi) is 3.75. The lowest BCUT2D eigenvalue weighted by Crippen LogP contribution is -2.61. The molecular weight excluding hydrogens is 300 g/mol. The topological polar surface area (TPSA) is 62.1 Å². The van der Waals surface area contributed by atoms with Crippen LogP contribution in [-0.2, 0) is 4.79 Å². The van der Waals surface area contributed by atoms with E-state index in [-0.39, 0.29) is 11.4 Å². The third-order valence-corrected chi connectivity index (χ3v) is 6.07. The first-order chi connectivity index (χ1) is 11.5. The first kappa shape index (κ1) is 15.5. The maximum Gasteiger partial charge on any atom is 0.261 e. The van der Waals surface area contributed by atoms with Crippen molar-refractivity contribution in [1.29, 1.82) is 5.26 Å². The Morgan fingerprint density at radius 2 is 1.88 bits per heavy atom. The number of rotatable bonds is 4. The maximum atomic E-state index is 12.7. The van der Waals surface area contributed by atoms with Gasteiger partial charge in [-0.2, -0.15) is 5.26 Å². The molecular formula is C20H24N2O2. The van der Waals surface area contributed by atoms with Gasteiger partial charge in [-0.1, -0.05) is 6.07 Å². The van der Waals surface area contributed by atoms with Crippen LogP contribution in [0.15, 0.2) is 24.3 Å². The van der Waals surface area contributed by atoms with E-state index in [4.69, 9.17) is 10.00 Å². The van der Waals surface area contributed by atoms with Gasteiger partial charge in [-0.3, -0.25) is 4.79 Å². The molecule has 0 radical (unpaired) electrons. The summed E-state index contributed by atoms with van der Waals surface area (Å²) in [5, 5.41) is 12.3. The van der Waals surface area contributed by atoms with E-state index >= 15 is 0 Å². The maximum absolute atomic E-state index is 12.7. The Morgan fingerprint density at radius 1 is 1.25 bits per heavy atom. The Morgan fingerprint density at radius 3 is 2.46 bits per heavy atom. The molecule has 1 amide bonds. The summed E-state index contributed by atoms with van der Waals surface area (Å²) in [6.45, 7) is 1.79. The van der Waals surface area contributed by atoms with Crippen molar-refractivity contribution < 1.29 is 9.53 Å². The monoisotopic (exact) mass is 324 g/mol. The predicted octanol–water partition coefficient (Wildman–Crippen LogP) is 3.41. The van der Waals surface area contributed by atoms with Crippen molar-refractivity contribution in [1.82, 2.24) is 5.32 Å². The third-order valence-electron chi connectivity index (χ3n) is 6.07. The average Bonchev–Trinajstić information content (AvgIpc) is 2.53. The van der Waals surface area contributed by atoms with Gasteiger partial charge in [-0.15, -0.1) is 0 Å². The van der Waals surface area contributed by atoms with Crippen LogP contribution in [0.25, 0.3) is 0 Å². The standard InChI is InChI=1S/C20H24N2O2/c1-13(24-18-4-2-3-14(8-18)12-21)19(23)22-20-9-15-5-16(10-20)7-17(6-15)11-20/h2-4,8,13,15-17H,5-7,9-11H2,1H3,(H,22,23)/t13-,15?,16?,17?,20?/m0/s1. The third kappa shape index (κ3) is 2.88. The molecule has 1 aromatic carbocycles. The van der Waals surface area contributed by atoms with E-state index in [2.05, 4.69) is 11.4 Å². The van der Waals surface area contributed by atoms with Crippen molar-refractivity contribution in [3.05, 3.63) is 29.8 Å². The normalized spacial score (nSPS) is 34.4. The van der Waals surface area contributed by atoms with Gasteiger partial charge >= 0.3 is 0 Å². The van der Waals surface area contributed by atoms with E-state index in [1.165, 1.54) is 19.3 Å². The highest BCUT2D eigenvalue weighted by atomic mass is 16.5. The van der Waals surface area contributed by atoms with E-state index in [0.29, 0.717) is 11.3 Å². The molecule has 0 unspecified atom stereocenters. The molecule has 0 aliphatic heterocycles. The van der Waals surface area contributed by atoms with Gasteiger partial charge in [0.25, 0.3) is 5.91 Å². The number of amides is 1. The Bertz CT molecular complexity index is 656. The second kappa shape index (κ2) is 5.81. The van der Waals surface area contributed by atoms with Crippen LogP contribution in [0.1, 0.15) is 51.0 Å². The lowest BCUT2D eigenvalue weighted by atomic mass is 9.53. The zero-order chi connectivity index (χ0) is 16.7. The van der Waals surface area contributed by atoms with Crippen LogP contribution in [0.5, 0.6) is 5.75 Å². The van der Waals surface area contributed by atoms with Crippen molar-refractivity contribution in [2.24, 2.45) is 17.8 Å². The summed E-state index contributed by atoms with van der Waals surface area (Å²) < 4.78 is 5.77. The Balaban J connectivity index is 1.41. The van der Waals surface area contributed by atoms with Crippen LogP contribution in [0.3, 0.4) is 0 Å². The molecule has 1 aromatic rings. The van der Waals surface area contributed by atoms with Gasteiger partial charge in [0.05, 0.1) is 11.6 Å². The number of ether oxygens (including phenoxy) is 1. The number of nitrogens with zero attached hydrogens (tertiary/aromatic N) is 1. The summed E-state index contributed by atoms with van der Waals surface area (Å²) in [5.74, 6) is 2.96. The number of carbonyl (C=O) groups excluding carboxylic acids is 1. The summed E-state index contributed by atoms with van der Waals surface area (Å²) in [6, 6.07) is 9.06. The van der Waals surface area contributed by atoms with Crippen LogP contribution in [0, 0.1) is 29.1 Å². The smallest absolute Gasteiger partial charge is 0.261 e. The molecule has 4 saturated carbocycles. The molecule has 1 atom stereocenters. The predicted molar refractivity (Wildman–Crippen MR) is 90.3 cm³/mol. The molecule has 126 valence electrons. The van der Waals surface area contributed by atoms with Gasteiger partial charge in [0.1, 0.15) is 5.75 Å². The number of nitriles is 1. The zero-order valence-electron chi connectivity index (χ0n) is 14.1.